The standard InChI is InChI=1S/C31H45ClFN5O7/c32-23-17-34-31(35-18-23)38-10-6-21(7-11-38)3-1-14-45-24-5-4-22(25(33)16-24)15-28(42)37-9-2-8-36(12-13-37)19-26(40)29(43)30(44)27(41)20-39/h4-5,16-18,21,26-27,29-30,39-41,43-44H,1-3,6-15,19-20H2. The predicted molar refractivity (Wildman–Crippen MR) is 166 cm³/mol. The van der Waals surface area contributed by atoms with Crippen LogP contribution in [0.3, 0.4) is 0 Å². The Morgan fingerprint density at radius 2 is 1.71 bits per heavy atom. The summed E-state index contributed by atoms with van der Waals surface area (Å²) in [6.07, 6.45) is 1.48. The molecule has 4 unspecified atom stereocenters. The summed E-state index contributed by atoms with van der Waals surface area (Å²) in [6, 6.07) is 4.60. The number of amides is 1. The monoisotopic (exact) mass is 653 g/mol. The summed E-state index contributed by atoms with van der Waals surface area (Å²) in [5.41, 5.74) is 0.292. The Bertz CT molecular complexity index is 1210. The molecule has 4 rings (SSSR count). The zero-order valence-corrected chi connectivity index (χ0v) is 26.2. The van der Waals surface area contributed by atoms with E-state index in [0.717, 1.165) is 38.8 Å². The minimum absolute atomic E-state index is 0.0213. The van der Waals surface area contributed by atoms with E-state index in [9.17, 15) is 29.6 Å². The molecule has 2 fully saturated rings. The van der Waals surface area contributed by atoms with E-state index in [2.05, 4.69) is 14.9 Å². The minimum atomic E-state index is -1.69. The van der Waals surface area contributed by atoms with Crippen molar-refractivity contribution in [2.75, 3.05) is 63.9 Å². The van der Waals surface area contributed by atoms with Crippen LogP contribution in [0.4, 0.5) is 10.3 Å². The molecule has 0 bridgehead atoms. The van der Waals surface area contributed by atoms with Gasteiger partial charge in [0, 0.05) is 45.3 Å². The topological polar surface area (TPSA) is 163 Å². The van der Waals surface area contributed by atoms with Crippen LogP contribution in [0, 0.1) is 11.7 Å². The number of aromatic nitrogens is 2. The highest BCUT2D eigenvalue weighted by Crippen LogP contribution is 2.25. The van der Waals surface area contributed by atoms with E-state index < -0.39 is 36.8 Å². The highest BCUT2D eigenvalue weighted by Gasteiger charge is 2.32. The molecule has 0 spiro atoms. The van der Waals surface area contributed by atoms with Crippen LogP contribution in [0.25, 0.3) is 0 Å². The number of aliphatic hydroxyl groups excluding tert-OH is 5. The second-order valence-electron chi connectivity index (χ2n) is 11.9. The lowest BCUT2D eigenvalue weighted by Crippen LogP contribution is -2.50. The van der Waals surface area contributed by atoms with Gasteiger partial charge in [0.1, 0.15) is 29.9 Å². The van der Waals surface area contributed by atoms with E-state index in [-0.39, 0.29) is 18.9 Å². The average Bonchev–Trinajstić information content (AvgIpc) is 3.29. The first kappa shape index (κ1) is 35.2. The summed E-state index contributed by atoms with van der Waals surface area (Å²) in [6.45, 7) is 3.34. The van der Waals surface area contributed by atoms with Gasteiger partial charge in [-0.05, 0) is 56.2 Å². The highest BCUT2D eigenvalue weighted by molar-refractivity contribution is 6.30. The summed E-state index contributed by atoms with van der Waals surface area (Å²) < 4.78 is 20.7. The number of hydrogen-bond donors (Lipinski definition) is 5. The maximum atomic E-state index is 14.9. The predicted octanol–water partition coefficient (Wildman–Crippen LogP) is 0.857. The first-order chi connectivity index (χ1) is 21.6. The van der Waals surface area contributed by atoms with Crippen molar-refractivity contribution in [1.29, 1.82) is 0 Å². The molecule has 4 atom stereocenters. The number of β-amino-alcohol motifs (C(OH)–C–C–N with tert-alkyl or cyclic N) is 1. The van der Waals surface area contributed by atoms with Gasteiger partial charge >= 0.3 is 0 Å². The van der Waals surface area contributed by atoms with Crippen LogP contribution < -0.4 is 9.64 Å². The van der Waals surface area contributed by atoms with Gasteiger partial charge in [-0.2, -0.15) is 0 Å². The smallest absolute Gasteiger partial charge is 0.227 e. The summed E-state index contributed by atoms with van der Waals surface area (Å²) in [4.78, 5) is 27.3. The number of rotatable bonds is 14. The maximum Gasteiger partial charge on any atom is 0.227 e. The fourth-order valence-electron chi connectivity index (χ4n) is 5.83. The van der Waals surface area contributed by atoms with Gasteiger partial charge in [0.25, 0.3) is 0 Å². The second kappa shape index (κ2) is 17.3. The van der Waals surface area contributed by atoms with Crippen LogP contribution in [0.2, 0.25) is 5.02 Å². The molecule has 5 N–H and O–H groups in total. The average molecular weight is 654 g/mol. The number of carbonyl (C=O) groups excluding carboxylic acids is 1. The molecular formula is C31H45ClFN5O7. The van der Waals surface area contributed by atoms with E-state index in [0.29, 0.717) is 67.4 Å². The molecule has 2 aliphatic rings. The van der Waals surface area contributed by atoms with Crippen molar-refractivity contribution in [2.24, 2.45) is 5.92 Å². The number of anilines is 1. The lowest BCUT2D eigenvalue weighted by Gasteiger charge is -2.31. The van der Waals surface area contributed by atoms with Crippen LogP contribution in [0.1, 0.15) is 37.7 Å². The van der Waals surface area contributed by atoms with Gasteiger partial charge < -0.3 is 40.1 Å². The number of benzene rings is 1. The van der Waals surface area contributed by atoms with E-state index in [1.54, 1.807) is 29.4 Å². The van der Waals surface area contributed by atoms with Crippen molar-refractivity contribution in [1.82, 2.24) is 19.8 Å². The van der Waals surface area contributed by atoms with Crippen LogP contribution in [0.5, 0.6) is 5.75 Å². The molecule has 12 nitrogen and oxygen atoms in total. The molecule has 0 aliphatic carbocycles. The largest absolute Gasteiger partial charge is 0.493 e. The van der Waals surface area contributed by atoms with Crippen molar-refractivity contribution < 1.29 is 39.5 Å². The van der Waals surface area contributed by atoms with Gasteiger partial charge in [-0.1, -0.05) is 17.7 Å². The Morgan fingerprint density at radius 1 is 1.00 bits per heavy atom. The molecule has 3 heterocycles. The molecule has 1 aromatic heterocycles. The molecule has 0 saturated carbocycles. The SMILES string of the molecule is O=C(Cc1ccc(OCCCC2CCN(c3ncc(Cl)cn3)CC2)cc1F)N1CCCN(CC(O)C(O)C(O)C(O)CO)CC1. The third-order valence-electron chi connectivity index (χ3n) is 8.61. The molecule has 45 heavy (non-hydrogen) atoms. The first-order valence-corrected chi connectivity index (χ1v) is 16.0. The van der Waals surface area contributed by atoms with Crippen molar-refractivity contribution in [2.45, 2.75) is 62.9 Å². The molecule has 2 aromatic rings. The zero-order valence-electron chi connectivity index (χ0n) is 25.4. The summed E-state index contributed by atoms with van der Waals surface area (Å²) in [5.74, 6) is 1.02. The van der Waals surface area contributed by atoms with Crippen LogP contribution >= 0.6 is 11.6 Å². The van der Waals surface area contributed by atoms with Crippen LogP contribution in [-0.2, 0) is 11.2 Å². The highest BCUT2D eigenvalue weighted by atomic mass is 35.5. The first-order valence-electron chi connectivity index (χ1n) is 15.6. The van der Waals surface area contributed by atoms with E-state index in [1.165, 1.54) is 6.07 Å². The molecule has 1 amide bonds. The number of piperidine rings is 1. The third kappa shape index (κ3) is 10.4. The van der Waals surface area contributed by atoms with E-state index >= 15 is 0 Å². The van der Waals surface area contributed by atoms with Gasteiger partial charge in [0.15, 0.2) is 0 Å². The van der Waals surface area contributed by atoms with Gasteiger partial charge in [-0.25, -0.2) is 14.4 Å². The Balaban J connectivity index is 1.15. The molecule has 250 valence electrons. The van der Waals surface area contributed by atoms with Gasteiger partial charge in [0.2, 0.25) is 11.9 Å². The van der Waals surface area contributed by atoms with Crippen molar-refractivity contribution in [3.05, 3.63) is 47.0 Å². The summed E-state index contributed by atoms with van der Waals surface area (Å²) >= 11 is 5.88. The fraction of sp³-hybridized carbons (Fsp3) is 0.645. The van der Waals surface area contributed by atoms with Crippen molar-refractivity contribution >= 4 is 23.5 Å². The molecular weight excluding hydrogens is 609 g/mol. The fourth-order valence-corrected chi connectivity index (χ4v) is 5.92. The molecule has 14 heteroatoms. The van der Waals surface area contributed by atoms with Gasteiger partial charge in [0.05, 0.1) is 43.2 Å². The quantitative estimate of drug-likeness (QED) is 0.184. The summed E-state index contributed by atoms with van der Waals surface area (Å²) in [5, 5.41) is 49.2. The number of aliphatic hydroxyl groups is 5. The number of nitrogens with zero attached hydrogens (tertiary/aromatic N) is 5. The normalized spacial score (nSPS) is 19.5. The number of halogens is 2. The molecule has 1 aromatic carbocycles. The Hall–Kier alpha value is -2.65. The van der Waals surface area contributed by atoms with Crippen LogP contribution in [-0.4, -0.2) is 135 Å². The zero-order chi connectivity index (χ0) is 32.3. The minimum Gasteiger partial charge on any atom is -0.493 e. The molecule has 2 aliphatic heterocycles. The van der Waals surface area contributed by atoms with Crippen molar-refractivity contribution in [3.63, 3.8) is 0 Å². The Kier molecular flexibility index (Phi) is 13.5. The van der Waals surface area contributed by atoms with Gasteiger partial charge in [-0.3, -0.25) is 9.69 Å². The lowest BCUT2D eigenvalue weighted by molar-refractivity contribution is -0.130. The Labute approximate surface area is 268 Å². The maximum absolute atomic E-state index is 14.9. The molecule has 0 radical (unpaired) electrons. The molecule has 2 saturated heterocycles. The number of ether oxygens (including phenoxy) is 1. The lowest BCUT2D eigenvalue weighted by atomic mass is 9.92. The van der Waals surface area contributed by atoms with Crippen molar-refractivity contribution in [3.8, 4) is 5.75 Å². The number of hydrogen-bond acceptors (Lipinski definition) is 11. The third-order valence-corrected chi connectivity index (χ3v) is 8.80. The summed E-state index contributed by atoms with van der Waals surface area (Å²) in [7, 11) is 0. The van der Waals surface area contributed by atoms with Crippen LogP contribution in [0.15, 0.2) is 30.6 Å². The number of carbonyl (C=O) groups is 1. The Morgan fingerprint density at radius 3 is 2.40 bits per heavy atom. The van der Waals surface area contributed by atoms with E-state index in [4.69, 9.17) is 21.4 Å². The second-order valence-corrected chi connectivity index (χ2v) is 12.3. The van der Waals surface area contributed by atoms with E-state index in [1.807, 2.05) is 4.90 Å². The van der Waals surface area contributed by atoms with Gasteiger partial charge in [-0.15, -0.1) is 0 Å².